The van der Waals surface area contributed by atoms with E-state index in [0.29, 0.717) is 18.8 Å². The van der Waals surface area contributed by atoms with Crippen LogP contribution in [0, 0.1) is 29.6 Å². The summed E-state index contributed by atoms with van der Waals surface area (Å²) in [5.41, 5.74) is 1.20. The number of carboxylic acid groups (broad SMARTS) is 1. The average molecular weight is 422 g/mol. The van der Waals surface area contributed by atoms with Gasteiger partial charge in [0.2, 0.25) is 0 Å². The van der Waals surface area contributed by atoms with Crippen molar-refractivity contribution in [1.82, 2.24) is 0 Å². The summed E-state index contributed by atoms with van der Waals surface area (Å²) >= 11 is 0. The largest absolute Gasteiger partial charge is 0.550 e. The zero-order valence-corrected chi connectivity index (χ0v) is 18.6. The van der Waals surface area contributed by atoms with E-state index < -0.39 is 24.6 Å². The first-order valence-corrected chi connectivity index (χ1v) is 11.3. The summed E-state index contributed by atoms with van der Waals surface area (Å²) in [7, 11) is 0. The number of aliphatic carboxylic acids is 1. The van der Waals surface area contributed by atoms with Gasteiger partial charge in [-0.1, -0.05) is 45.9 Å². The van der Waals surface area contributed by atoms with E-state index in [-0.39, 0.29) is 42.2 Å². The van der Waals surface area contributed by atoms with Crippen LogP contribution in [0.2, 0.25) is 0 Å². The number of esters is 1. The molecule has 0 radical (unpaired) electrons. The van der Waals surface area contributed by atoms with Crippen LogP contribution in [-0.2, 0) is 14.3 Å². The highest BCUT2D eigenvalue weighted by atomic mass is 16.5. The highest BCUT2D eigenvalue weighted by molar-refractivity contribution is 5.72. The molecule has 0 heterocycles. The van der Waals surface area contributed by atoms with Gasteiger partial charge in [-0.3, -0.25) is 4.79 Å². The Morgan fingerprint density at radius 3 is 2.60 bits per heavy atom. The molecule has 0 spiro atoms. The molecule has 0 saturated carbocycles. The number of hydrogen-bond donors (Lipinski definition) is 2. The zero-order valence-electron chi connectivity index (χ0n) is 18.6. The SMILES string of the molecule is CC[C@@H](C)C(=O)O[C@H]1C[C@H](C)C=C2C=C[C@@H](C)[C@@H](CCC(O)C[C@@H](O)CC(=O)[O-])[C@@H]21. The number of fused-ring (bicyclic) bond motifs is 1. The van der Waals surface area contributed by atoms with E-state index in [2.05, 4.69) is 32.1 Å². The first-order valence-electron chi connectivity index (χ1n) is 11.3. The van der Waals surface area contributed by atoms with Crippen molar-refractivity contribution in [3.8, 4) is 0 Å². The minimum atomic E-state index is -1.32. The van der Waals surface area contributed by atoms with Gasteiger partial charge in [0, 0.05) is 18.3 Å². The lowest BCUT2D eigenvalue weighted by Crippen LogP contribution is -2.41. The second-order valence-corrected chi connectivity index (χ2v) is 9.27. The van der Waals surface area contributed by atoms with Gasteiger partial charge in [0.05, 0.1) is 18.1 Å². The van der Waals surface area contributed by atoms with Gasteiger partial charge in [0.25, 0.3) is 0 Å². The van der Waals surface area contributed by atoms with Crippen LogP contribution < -0.4 is 5.11 Å². The second-order valence-electron chi connectivity index (χ2n) is 9.27. The van der Waals surface area contributed by atoms with Crippen molar-refractivity contribution < 1.29 is 29.6 Å². The van der Waals surface area contributed by atoms with Crippen molar-refractivity contribution in [2.75, 3.05) is 0 Å². The lowest BCUT2D eigenvalue weighted by molar-refractivity contribution is -0.307. The van der Waals surface area contributed by atoms with Gasteiger partial charge in [-0.25, -0.2) is 0 Å². The maximum Gasteiger partial charge on any atom is 0.308 e. The number of hydrogen-bond acceptors (Lipinski definition) is 6. The lowest BCUT2D eigenvalue weighted by atomic mass is 9.65. The molecule has 0 fully saturated rings. The molecule has 30 heavy (non-hydrogen) atoms. The van der Waals surface area contributed by atoms with Gasteiger partial charge >= 0.3 is 5.97 Å². The quantitative estimate of drug-likeness (QED) is 0.525. The molecule has 0 aromatic carbocycles. The van der Waals surface area contributed by atoms with E-state index in [0.717, 1.165) is 12.8 Å². The molecular formula is C24H37O6-. The fraction of sp³-hybridized carbons (Fsp3) is 0.750. The monoisotopic (exact) mass is 421 g/mol. The third-order valence-electron chi connectivity index (χ3n) is 6.66. The van der Waals surface area contributed by atoms with Crippen LogP contribution >= 0.6 is 0 Å². The Hall–Kier alpha value is -1.66. The van der Waals surface area contributed by atoms with Crippen molar-refractivity contribution in [3.05, 3.63) is 23.8 Å². The fourth-order valence-electron chi connectivity index (χ4n) is 4.75. The number of carboxylic acids is 1. The van der Waals surface area contributed by atoms with Crippen molar-refractivity contribution in [2.45, 2.75) is 84.5 Å². The normalized spacial score (nSPS) is 31.3. The summed E-state index contributed by atoms with van der Waals surface area (Å²) in [4.78, 5) is 23.1. The summed E-state index contributed by atoms with van der Waals surface area (Å²) in [6.45, 7) is 8.14. The summed E-state index contributed by atoms with van der Waals surface area (Å²) in [6.07, 6.45) is 6.75. The highest BCUT2D eigenvalue weighted by Gasteiger charge is 2.41. The molecule has 2 N–H and O–H groups in total. The summed E-state index contributed by atoms with van der Waals surface area (Å²) in [5, 5.41) is 30.7. The topological polar surface area (TPSA) is 107 Å². The Bertz CT molecular complexity index is 654. The van der Waals surface area contributed by atoms with Gasteiger partial charge in [-0.15, -0.1) is 0 Å². The Balaban J connectivity index is 2.09. The van der Waals surface area contributed by atoms with Crippen LogP contribution in [0.3, 0.4) is 0 Å². The number of carbonyl (C=O) groups excluding carboxylic acids is 2. The summed E-state index contributed by atoms with van der Waals surface area (Å²) in [5.74, 6) is -0.705. The van der Waals surface area contributed by atoms with Crippen LogP contribution in [0.4, 0.5) is 0 Å². The maximum atomic E-state index is 12.5. The van der Waals surface area contributed by atoms with Gasteiger partial charge in [0.1, 0.15) is 6.10 Å². The summed E-state index contributed by atoms with van der Waals surface area (Å²) in [6, 6.07) is 0. The van der Waals surface area contributed by atoms with E-state index in [1.807, 2.05) is 13.8 Å². The third-order valence-corrected chi connectivity index (χ3v) is 6.66. The standard InChI is InChI=1S/C24H38O6/c1-5-15(3)24(29)30-21-11-14(2)10-17-7-6-16(4)20(23(17)21)9-8-18(25)12-19(26)13-22(27)28/h6-7,10,14-16,18-21,23,25-26H,5,8-9,11-13H2,1-4H3,(H,27,28)/p-1/t14-,15-,16-,18?,19-,20-,21+,23-/m1/s1. The molecule has 2 aliphatic carbocycles. The van der Waals surface area contributed by atoms with Gasteiger partial charge in [0.15, 0.2) is 0 Å². The number of carbonyl (C=O) groups is 2. The summed E-state index contributed by atoms with van der Waals surface area (Å²) < 4.78 is 5.99. The first kappa shape index (κ1) is 24.6. The molecule has 6 heteroatoms. The van der Waals surface area contributed by atoms with Crippen LogP contribution in [-0.4, -0.2) is 40.5 Å². The number of allylic oxidation sites excluding steroid dienone is 3. The molecule has 2 aliphatic rings. The lowest BCUT2D eigenvalue weighted by Gasteiger charge is -2.43. The third kappa shape index (κ3) is 6.67. The number of aliphatic hydroxyl groups is 2. The fourth-order valence-corrected chi connectivity index (χ4v) is 4.75. The molecule has 8 atom stereocenters. The second kappa shape index (κ2) is 11.1. The molecule has 0 aromatic heterocycles. The van der Waals surface area contributed by atoms with E-state index in [4.69, 9.17) is 4.74 Å². The van der Waals surface area contributed by atoms with Crippen molar-refractivity contribution in [3.63, 3.8) is 0 Å². The molecule has 0 aliphatic heterocycles. The van der Waals surface area contributed by atoms with Crippen molar-refractivity contribution >= 4 is 11.9 Å². The predicted molar refractivity (Wildman–Crippen MR) is 112 cm³/mol. The Morgan fingerprint density at radius 2 is 1.97 bits per heavy atom. The molecule has 0 amide bonds. The molecule has 0 aromatic rings. The first-order chi connectivity index (χ1) is 14.1. The Labute approximate surface area is 180 Å². The minimum absolute atomic E-state index is 0.0156. The van der Waals surface area contributed by atoms with E-state index in [1.54, 1.807) is 0 Å². The Kier molecular flexibility index (Phi) is 9.10. The van der Waals surface area contributed by atoms with Crippen LogP contribution in [0.1, 0.15) is 66.2 Å². The molecule has 2 rings (SSSR count). The van der Waals surface area contributed by atoms with E-state index in [9.17, 15) is 24.9 Å². The molecule has 0 bridgehead atoms. The minimum Gasteiger partial charge on any atom is -0.550 e. The molecular weight excluding hydrogens is 384 g/mol. The number of ether oxygens (including phenoxy) is 1. The van der Waals surface area contributed by atoms with Crippen molar-refractivity contribution in [1.29, 1.82) is 0 Å². The van der Waals surface area contributed by atoms with E-state index >= 15 is 0 Å². The molecule has 170 valence electrons. The maximum absolute atomic E-state index is 12.5. The molecule has 0 saturated heterocycles. The van der Waals surface area contributed by atoms with Crippen LogP contribution in [0.15, 0.2) is 23.8 Å². The predicted octanol–water partition coefficient (Wildman–Crippen LogP) is 2.38. The van der Waals surface area contributed by atoms with Crippen molar-refractivity contribution in [2.24, 2.45) is 29.6 Å². The van der Waals surface area contributed by atoms with Crippen LogP contribution in [0.25, 0.3) is 0 Å². The molecule has 6 nitrogen and oxygen atoms in total. The van der Waals surface area contributed by atoms with Gasteiger partial charge in [-0.05, 0) is 55.4 Å². The van der Waals surface area contributed by atoms with Crippen LogP contribution in [0.5, 0.6) is 0 Å². The smallest absolute Gasteiger partial charge is 0.308 e. The Morgan fingerprint density at radius 1 is 1.27 bits per heavy atom. The van der Waals surface area contributed by atoms with Gasteiger partial charge in [-0.2, -0.15) is 0 Å². The average Bonchev–Trinajstić information content (AvgIpc) is 2.65. The number of aliphatic hydroxyl groups excluding tert-OH is 2. The zero-order chi connectivity index (χ0) is 22.4. The number of rotatable bonds is 10. The van der Waals surface area contributed by atoms with E-state index in [1.165, 1.54) is 5.57 Å². The molecule has 1 unspecified atom stereocenters. The highest BCUT2D eigenvalue weighted by Crippen LogP contribution is 2.45. The van der Waals surface area contributed by atoms with Gasteiger partial charge < -0.3 is 24.9 Å².